The van der Waals surface area contributed by atoms with Gasteiger partial charge in [0.05, 0.1) is 0 Å². The smallest absolute Gasteiger partial charge is 0.332 e. The summed E-state index contributed by atoms with van der Waals surface area (Å²) in [6.45, 7) is 0. The van der Waals surface area contributed by atoms with Gasteiger partial charge < -0.3 is 4.74 Å². The Morgan fingerprint density at radius 3 is 1.83 bits per heavy atom. The van der Waals surface area contributed by atoms with Gasteiger partial charge in [-0.15, -0.1) is 0 Å². The van der Waals surface area contributed by atoms with Gasteiger partial charge in [0.2, 0.25) is 6.17 Å². The van der Waals surface area contributed by atoms with Gasteiger partial charge in [0, 0.05) is 7.11 Å². The number of hydrogen-bond donors (Lipinski definition) is 0. The molecule has 2 atom stereocenters. The Kier molecular flexibility index (Phi) is 2.28. The number of halogens is 5. The van der Waals surface area contributed by atoms with Crippen LogP contribution < -0.4 is 0 Å². The van der Waals surface area contributed by atoms with E-state index < -0.39 is 34.5 Å². The fraction of sp³-hybridized carbons (Fsp3) is 1.00. The van der Waals surface area contributed by atoms with Gasteiger partial charge in [-0.05, 0) is 11.8 Å². The maximum absolute atomic E-state index is 12.5. The summed E-state index contributed by atoms with van der Waals surface area (Å²) in [7, 11) is 0.771. The van der Waals surface area contributed by atoms with Crippen molar-refractivity contribution in [2.45, 2.75) is 22.8 Å². The van der Waals surface area contributed by atoms with Gasteiger partial charge in [-0.3, -0.25) is 0 Å². The molecule has 2 unspecified atom stereocenters. The standard InChI is InChI=1S/C5H5F5OS/c1-11-3-2(6)4(7,8)12-5(3,9)10/h2-3H,1H3. The number of hydrogen-bond acceptors (Lipinski definition) is 2. The maximum Gasteiger partial charge on any atom is 0.332 e. The van der Waals surface area contributed by atoms with Crippen LogP contribution in [0.4, 0.5) is 22.0 Å². The third-order valence-electron chi connectivity index (χ3n) is 1.44. The van der Waals surface area contributed by atoms with Crippen molar-refractivity contribution in [2.75, 3.05) is 7.11 Å². The van der Waals surface area contributed by atoms with E-state index >= 15 is 0 Å². The predicted molar refractivity (Wildman–Crippen MR) is 33.2 cm³/mol. The van der Waals surface area contributed by atoms with Crippen molar-refractivity contribution >= 4 is 11.8 Å². The first-order chi connectivity index (χ1) is 5.31. The van der Waals surface area contributed by atoms with Crippen molar-refractivity contribution in [1.29, 1.82) is 0 Å². The fourth-order valence-electron chi connectivity index (χ4n) is 0.899. The quantitative estimate of drug-likeness (QED) is 0.611. The van der Waals surface area contributed by atoms with Gasteiger partial charge in [-0.2, -0.15) is 17.6 Å². The molecule has 1 saturated heterocycles. The first-order valence-corrected chi connectivity index (χ1v) is 3.75. The molecule has 1 fully saturated rings. The highest BCUT2D eigenvalue weighted by atomic mass is 32.2. The second-order valence-corrected chi connectivity index (χ2v) is 3.58. The highest BCUT2D eigenvalue weighted by molar-refractivity contribution is 8.01. The van der Waals surface area contributed by atoms with Gasteiger partial charge >= 0.3 is 10.5 Å². The van der Waals surface area contributed by atoms with Crippen LogP contribution in [-0.2, 0) is 4.74 Å². The topological polar surface area (TPSA) is 9.23 Å². The van der Waals surface area contributed by atoms with E-state index in [-0.39, 0.29) is 0 Å². The normalized spacial score (nSPS) is 38.5. The number of rotatable bonds is 1. The highest BCUT2D eigenvalue weighted by Gasteiger charge is 2.67. The Morgan fingerprint density at radius 2 is 1.67 bits per heavy atom. The minimum atomic E-state index is -4.07. The largest absolute Gasteiger partial charge is 0.371 e. The van der Waals surface area contributed by atoms with Gasteiger partial charge in [-0.1, -0.05) is 0 Å². The second kappa shape index (κ2) is 2.73. The molecule has 1 heterocycles. The van der Waals surface area contributed by atoms with Crippen LogP contribution in [0.1, 0.15) is 0 Å². The Labute approximate surface area is 69.3 Å². The van der Waals surface area contributed by atoms with Gasteiger partial charge in [0.1, 0.15) is 0 Å². The molecule has 0 N–H and O–H groups in total. The first kappa shape index (κ1) is 10.0. The molecular weight excluding hydrogens is 203 g/mol. The summed E-state index contributed by atoms with van der Waals surface area (Å²) in [5, 5.41) is -7.93. The van der Waals surface area contributed by atoms with Crippen LogP contribution in [-0.4, -0.2) is 29.9 Å². The van der Waals surface area contributed by atoms with Crippen LogP contribution in [0.15, 0.2) is 0 Å². The predicted octanol–water partition coefficient (Wildman–Crippen LogP) is 2.27. The second-order valence-electron chi connectivity index (χ2n) is 2.28. The SMILES string of the molecule is COC1C(F)C(F)(F)SC1(F)F. The van der Waals surface area contributed by atoms with Crippen LogP contribution in [0.5, 0.6) is 0 Å². The third-order valence-corrected chi connectivity index (χ3v) is 2.45. The summed E-state index contributed by atoms with van der Waals surface area (Å²) in [5.74, 6) is 0. The molecule has 1 aliphatic rings. The Hall–Kier alpha value is -0.0400. The summed E-state index contributed by atoms with van der Waals surface area (Å²) in [4.78, 5) is 0. The van der Waals surface area contributed by atoms with Crippen LogP contribution in [0.2, 0.25) is 0 Å². The van der Waals surface area contributed by atoms with Crippen molar-refractivity contribution in [3.8, 4) is 0 Å². The minimum absolute atomic E-state index is 0.771. The van der Waals surface area contributed by atoms with Gasteiger partial charge in [0.25, 0.3) is 0 Å². The van der Waals surface area contributed by atoms with Crippen molar-refractivity contribution in [3.05, 3.63) is 0 Å². The van der Waals surface area contributed by atoms with E-state index in [9.17, 15) is 22.0 Å². The molecule has 0 aromatic carbocycles. The molecule has 72 valence electrons. The van der Waals surface area contributed by atoms with Crippen molar-refractivity contribution in [1.82, 2.24) is 0 Å². The highest BCUT2D eigenvalue weighted by Crippen LogP contribution is 2.56. The average molecular weight is 208 g/mol. The van der Waals surface area contributed by atoms with Crippen LogP contribution in [0.3, 0.4) is 0 Å². The summed E-state index contributed by atoms with van der Waals surface area (Å²) in [6, 6.07) is 0. The molecule has 1 aliphatic heterocycles. The van der Waals surface area contributed by atoms with E-state index in [1.807, 2.05) is 0 Å². The lowest BCUT2D eigenvalue weighted by Crippen LogP contribution is -2.36. The molecule has 12 heavy (non-hydrogen) atoms. The van der Waals surface area contributed by atoms with Gasteiger partial charge in [-0.25, -0.2) is 4.39 Å². The molecule has 1 nitrogen and oxygen atoms in total. The average Bonchev–Trinajstić information content (AvgIpc) is 1.98. The molecule has 0 saturated carbocycles. The van der Waals surface area contributed by atoms with Crippen LogP contribution >= 0.6 is 11.8 Å². The lowest BCUT2D eigenvalue weighted by Gasteiger charge is -2.15. The third kappa shape index (κ3) is 1.39. The Bertz CT molecular complexity index is 185. The number of methoxy groups -OCH3 is 1. The van der Waals surface area contributed by atoms with E-state index in [4.69, 9.17) is 0 Å². The monoisotopic (exact) mass is 208 g/mol. The zero-order valence-corrected chi connectivity index (χ0v) is 6.68. The lowest BCUT2D eigenvalue weighted by atomic mass is 10.2. The Balaban J connectivity index is 2.88. The maximum atomic E-state index is 12.5. The molecule has 0 bridgehead atoms. The fourth-order valence-corrected chi connectivity index (χ4v) is 1.83. The first-order valence-electron chi connectivity index (χ1n) is 2.94. The van der Waals surface area contributed by atoms with E-state index in [1.165, 1.54) is 0 Å². The van der Waals surface area contributed by atoms with Crippen molar-refractivity contribution in [3.63, 3.8) is 0 Å². The summed E-state index contributed by atoms with van der Waals surface area (Å²) in [6.07, 6.45) is -5.32. The molecule has 0 aromatic heterocycles. The van der Waals surface area contributed by atoms with Crippen LogP contribution in [0.25, 0.3) is 0 Å². The molecule has 0 aliphatic carbocycles. The zero-order chi connectivity index (χ0) is 9.57. The number of alkyl halides is 5. The summed E-state index contributed by atoms with van der Waals surface area (Å²) < 4.78 is 66.0. The number of thioether (sulfide) groups is 1. The van der Waals surface area contributed by atoms with E-state index in [2.05, 4.69) is 4.74 Å². The van der Waals surface area contributed by atoms with E-state index in [1.54, 1.807) is 0 Å². The molecule has 0 aromatic rings. The van der Waals surface area contributed by atoms with E-state index in [0.717, 1.165) is 7.11 Å². The Morgan fingerprint density at radius 1 is 1.17 bits per heavy atom. The molecule has 1 rings (SSSR count). The summed E-state index contributed by atoms with van der Waals surface area (Å²) in [5.41, 5.74) is 0. The van der Waals surface area contributed by atoms with E-state index in [0.29, 0.717) is 0 Å². The molecule has 0 spiro atoms. The molecule has 7 heteroatoms. The minimum Gasteiger partial charge on any atom is -0.371 e. The van der Waals surface area contributed by atoms with Crippen LogP contribution in [0, 0.1) is 0 Å². The lowest BCUT2D eigenvalue weighted by molar-refractivity contribution is -0.112. The number of ether oxygens (including phenoxy) is 1. The molecule has 0 radical (unpaired) electrons. The molecule has 0 amide bonds. The molecular formula is C5H5F5OS. The van der Waals surface area contributed by atoms with Crippen molar-refractivity contribution < 1.29 is 26.7 Å². The van der Waals surface area contributed by atoms with Gasteiger partial charge in [0.15, 0.2) is 6.10 Å². The van der Waals surface area contributed by atoms with Crippen molar-refractivity contribution in [2.24, 2.45) is 0 Å². The zero-order valence-electron chi connectivity index (χ0n) is 5.86. The summed E-state index contributed by atoms with van der Waals surface area (Å²) >= 11 is -1.00.